The van der Waals surface area contributed by atoms with Crippen molar-refractivity contribution in [2.75, 3.05) is 26.2 Å². The Morgan fingerprint density at radius 3 is 2.84 bits per heavy atom. The van der Waals surface area contributed by atoms with Crippen molar-refractivity contribution in [3.63, 3.8) is 0 Å². The zero-order valence-corrected chi connectivity index (χ0v) is 15.4. The Balaban J connectivity index is 1.65. The summed E-state index contributed by atoms with van der Waals surface area (Å²) in [5, 5.41) is 4.41. The number of furan rings is 1. The van der Waals surface area contributed by atoms with Crippen LogP contribution in [-0.2, 0) is 6.54 Å². The first-order valence-corrected chi connectivity index (χ1v) is 9.21. The van der Waals surface area contributed by atoms with Crippen LogP contribution in [0.4, 0.5) is 0 Å². The largest absolute Gasteiger partial charge is 0.455 e. The molecule has 0 unspecified atom stereocenters. The van der Waals surface area contributed by atoms with E-state index in [4.69, 9.17) is 4.42 Å². The minimum Gasteiger partial charge on any atom is -0.455 e. The van der Waals surface area contributed by atoms with E-state index < -0.39 is 0 Å². The summed E-state index contributed by atoms with van der Waals surface area (Å²) in [5.74, 6) is 1.28. The lowest BCUT2D eigenvalue weighted by Crippen LogP contribution is -2.40. The Morgan fingerprint density at radius 2 is 2.16 bits per heavy atom. The second-order valence-corrected chi connectivity index (χ2v) is 6.77. The summed E-state index contributed by atoms with van der Waals surface area (Å²) in [5.41, 5.74) is 1.15. The standard InChI is InChI=1S/C19H28N4O2/c1-4-21(5-2)14-17-8-9-18(25-17)19(24)22-10-6-7-16(13-22)23-12-15(3)11-20-23/h8-9,11-12,16H,4-7,10,13-14H2,1-3H3/t16-/m1/s1. The number of aryl methyl sites for hydroxylation is 1. The van der Waals surface area contributed by atoms with Gasteiger partial charge < -0.3 is 9.32 Å². The number of carbonyl (C=O) groups excluding carboxylic acids is 1. The van der Waals surface area contributed by atoms with Crippen LogP contribution in [0.2, 0.25) is 0 Å². The number of hydrogen-bond donors (Lipinski definition) is 0. The van der Waals surface area contributed by atoms with Gasteiger partial charge in [-0.2, -0.15) is 5.10 Å². The van der Waals surface area contributed by atoms with Gasteiger partial charge in [-0.25, -0.2) is 0 Å². The van der Waals surface area contributed by atoms with Crippen molar-refractivity contribution >= 4 is 5.91 Å². The third kappa shape index (κ3) is 4.12. The predicted octanol–water partition coefficient (Wildman–Crippen LogP) is 3.10. The van der Waals surface area contributed by atoms with E-state index in [1.807, 2.05) is 41.0 Å². The molecule has 0 aromatic carbocycles. The van der Waals surface area contributed by atoms with Gasteiger partial charge >= 0.3 is 0 Å². The lowest BCUT2D eigenvalue weighted by molar-refractivity contribution is 0.0637. The Bertz CT molecular complexity index is 702. The topological polar surface area (TPSA) is 54.5 Å². The molecule has 1 saturated heterocycles. The van der Waals surface area contributed by atoms with Crippen molar-refractivity contribution in [3.05, 3.63) is 41.6 Å². The summed E-state index contributed by atoms with van der Waals surface area (Å²) in [6, 6.07) is 3.98. The van der Waals surface area contributed by atoms with E-state index in [0.717, 1.165) is 50.3 Å². The van der Waals surface area contributed by atoms with Gasteiger partial charge in [-0.1, -0.05) is 13.8 Å². The van der Waals surface area contributed by atoms with Crippen LogP contribution in [0.3, 0.4) is 0 Å². The number of piperidine rings is 1. The molecule has 6 nitrogen and oxygen atoms in total. The number of nitrogens with zero attached hydrogens (tertiary/aromatic N) is 4. The zero-order chi connectivity index (χ0) is 17.8. The van der Waals surface area contributed by atoms with E-state index in [0.29, 0.717) is 12.3 Å². The fourth-order valence-corrected chi connectivity index (χ4v) is 3.39. The first-order valence-electron chi connectivity index (χ1n) is 9.21. The van der Waals surface area contributed by atoms with Crippen molar-refractivity contribution in [1.29, 1.82) is 0 Å². The zero-order valence-electron chi connectivity index (χ0n) is 15.4. The molecule has 2 aromatic rings. The molecular formula is C19H28N4O2. The highest BCUT2D eigenvalue weighted by atomic mass is 16.4. The predicted molar refractivity (Wildman–Crippen MR) is 96.5 cm³/mol. The van der Waals surface area contributed by atoms with Gasteiger partial charge in [0, 0.05) is 19.3 Å². The molecule has 1 atom stereocenters. The molecule has 6 heteroatoms. The highest BCUT2D eigenvalue weighted by Crippen LogP contribution is 2.23. The van der Waals surface area contributed by atoms with E-state index in [2.05, 4.69) is 23.8 Å². The number of hydrogen-bond acceptors (Lipinski definition) is 4. The van der Waals surface area contributed by atoms with Gasteiger partial charge in [0.25, 0.3) is 5.91 Å². The van der Waals surface area contributed by atoms with Crippen molar-refractivity contribution in [2.24, 2.45) is 0 Å². The highest BCUT2D eigenvalue weighted by Gasteiger charge is 2.27. The van der Waals surface area contributed by atoms with Crippen molar-refractivity contribution < 1.29 is 9.21 Å². The van der Waals surface area contributed by atoms with Gasteiger partial charge in [-0.3, -0.25) is 14.4 Å². The van der Waals surface area contributed by atoms with Crippen LogP contribution in [-0.4, -0.2) is 51.7 Å². The minimum atomic E-state index is -0.0145. The van der Waals surface area contributed by atoms with Crippen LogP contribution >= 0.6 is 0 Å². The molecule has 1 aliphatic rings. The maximum Gasteiger partial charge on any atom is 0.289 e. The molecule has 1 fully saturated rings. The Kier molecular flexibility index (Phi) is 5.58. The fraction of sp³-hybridized carbons (Fsp3) is 0.579. The molecule has 1 aliphatic heterocycles. The fourth-order valence-electron chi connectivity index (χ4n) is 3.39. The van der Waals surface area contributed by atoms with E-state index in [-0.39, 0.29) is 11.9 Å². The number of likely N-dealkylation sites (tertiary alicyclic amines) is 1. The summed E-state index contributed by atoms with van der Waals surface area (Å²) in [6.07, 6.45) is 5.96. The molecule has 136 valence electrons. The summed E-state index contributed by atoms with van der Waals surface area (Å²) in [7, 11) is 0. The smallest absolute Gasteiger partial charge is 0.289 e. The summed E-state index contributed by atoms with van der Waals surface area (Å²) >= 11 is 0. The molecule has 3 heterocycles. The van der Waals surface area contributed by atoms with Crippen LogP contribution in [0.15, 0.2) is 28.9 Å². The molecule has 0 bridgehead atoms. The molecule has 3 rings (SSSR count). The average Bonchev–Trinajstić information content (AvgIpc) is 3.28. The number of amides is 1. The second-order valence-electron chi connectivity index (χ2n) is 6.77. The molecule has 2 aromatic heterocycles. The van der Waals surface area contributed by atoms with E-state index in [1.165, 1.54) is 0 Å². The van der Waals surface area contributed by atoms with Crippen LogP contribution in [0.25, 0.3) is 0 Å². The van der Waals surface area contributed by atoms with Gasteiger partial charge in [0.2, 0.25) is 0 Å². The molecule has 0 spiro atoms. The summed E-state index contributed by atoms with van der Waals surface area (Å²) in [6.45, 7) is 10.4. The van der Waals surface area contributed by atoms with Crippen LogP contribution in [0.1, 0.15) is 54.6 Å². The van der Waals surface area contributed by atoms with E-state index in [9.17, 15) is 4.79 Å². The first kappa shape index (κ1) is 17.7. The van der Waals surface area contributed by atoms with Crippen molar-refractivity contribution in [3.8, 4) is 0 Å². The summed E-state index contributed by atoms with van der Waals surface area (Å²) < 4.78 is 7.81. The van der Waals surface area contributed by atoms with Gasteiger partial charge in [0.15, 0.2) is 5.76 Å². The third-order valence-corrected chi connectivity index (χ3v) is 4.93. The van der Waals surface area contributed by atoms with E-state index >= 15 is 0 Å². The SMILES string of the molecule is CCN(CC)Cc1ccc(C(=O)N2CCC[C@@H](n3cc(C)cn3)C2)o1. The third-order valence-electron chi connectivity index (χ3n) is 4.93. The van der Waals surface area contributed by atoms with E-state index in [1.54, 1.807) is 0 Å². The molecule has 0 N–H and O–H groups in total. The Morgan fingerprint density at radius 1 is 1.36 bits per heavy atom. The molecular weight excluding hydrogens is 316 g/mol. The molecule has 0 radical (unpaired) electrons. The second kappa shape index (κ2) is 7.87. The number of rotatable bonds is 6. The minimum absolute atomic E-state index is 0.0145. The van der Waals surface area contributed by atoms with Crippen molar-refractivity contribution in [2.45, 2.75) is 46.2 Å². The van der Waals surface area contributed by atoms with Gasteiger partial charge in [-0.15, -0.1) is 0 Å². The van der Waals surface area contributed by atoms with Crippen molar-refractivity contribution in [1.82, 2.24) is 19.6 Å². The Hall–Kier alpha value is -2.08. The maximum absolute atomic E-state index is 12.8. The molecule has 1 amide bonds. The lowest BCUT2D eigenvalue weighted by atomic mass is 10.1. The van der Waals surface area contributed by atoms with Crippen LogP contribution in [0.5, 0.6) is 0 Å². The maximum atomic E-state index is 12.8. The normalized spacial score (nSPS) is 18.1. The quantitative estimate of drug-likeness (QED) is 0.808. The van der Waals surface area contributed by atoms with Crippen LogP contribution < -0.4 is 0 Å². The lowest BCUT2D eigenvalue weighted by Gasteiger charge is -2.32. The first-order chi connectivity index (χ1) is 12.1. The Labute approximate surface area is 149 Å². The van der Waals surface area contributed by atoms with Gasteiger partial charge in [-0.05, 0) is 50.6 Å². The van der Waals surface area contributed by atoms with Gasteiger partial charge in [0.1, 0.15) is 5.76 Å². The average molecular weight is 344 g/mol. The molecule has 25 heavy (non-hydrogen) atoms. The van der Waals surface area contributed by atoms with Gasteiger partial charge in [0.05, 0.1) is 18.8 Å². The van der Waals surface area contributed by atoms with Crippen LogP contribution in [0, 0.1) is 6.92 Å². The summed E-state index contributed by atoms with van der Waals surface area (Å²) in [4.78, 5) is 17.0. The monoisotopic (exact) mass is 344 g/mol. The molecule has 0 saturated carbocycles. The highest BCUT2D eigenvalue weighted by molar-refractivity contribution is 5.91. The number of aromatic nitrogens is 2. The molecule has 0 aliphatic carbocycles. The number of carbonyl (C=O) groups is 1.